The number of carbonyl (C=O) groups is 2. The van der Waals surface area contributed by atoms with Crippen molar-refractivity contribution in [3.05, 3.63) is 78.1 Å². The van der Waals surface area contributed by atoms with Gasteiger partial charge < -0.3 is 5.32 Å². The lowest BCUT2D eigenvalue weighted by atomic mass is 10.0. The summed E-state index contributed by atoms with van der Waals surface area (Å²) in [6.45, 7) is 2.71. The number of piperidine rings is 1. The molecule has 1 fully saturated rings. The predicted molar refractivity (Wildman–Crippen MR) is 112 cm³/mol. The molecule has 2 aromatic carbocycles. The third-order valence-corrected chi connectivity index (χ3v) is 5.30. The first kappa shape index (κ1) is 19.1. The van der Waals surface area contributed by atoms with E-state index in [4.69, 9.17) is 0 Å². The molecule has 0 bridgehead atoms. The van der Waals surface area contributed by atoms with Crippen LogP contribution < -0.4 is 10.6 Å². The fourth-order valence-electron chi connectivity index (χ4n) is 3.71. The van der Waals surface area contributed by atoms with E-state index < -0.39 is 6.03 Å². The van der Waals surface area contributed by atoms with Crippen molar-refractivity contribution in [2.45, 2.75) is 25.4 Å². The van der Waals surface area contributed by atoms with Crippen molar-refractivity contribution < 1.29 is 9.59 Å². The minimum Gasteiger partial charge on any atom is -0.335 e. The Labute approximate surface area is 169 Å². The number of aromatic nitrogens is 1. The number of pyridine rings is 1. The molecule has 1 aliphatic heterocycles. The summed E-state index contributed by atoms with van der Waals surface area (Å²) in [7, 11) is 0. The van der Waals surface area contributed by atoms with Crippen molar-refractivity contribution in [3.8, 4) is 0 Å². The summed E-state index contributed by atoms with van der Waals surface area (Å²) in [6.07, 6.45) is 5.43. The van der Waals surface area contributed by atoms with Gasteiger partial charge in [-0.2, -0.15) is 0 Å². The lowest BCUT2D eigenvalue weighted by molar-refractivity contribution is 0.0961. The Bertz CT molecular complexity index is 998. The van der Waals surface area contributed by atoms with E-state index in [9.17, 15) is 9.59 Å². The summed E-state index contributed by atoms with van der Waals surface area (Å²) in [5.74, 6) is -0.382. The summed E-state index contributed by atoms with van der Waals surface area (Å²) >= 11 is 0. The van der Waals surface area contributed by atoms with Crippen molar-refractivity contribution in [1.82, 2.24) is 20.5 Å². The zero-order chi connectivity index (χ0) is 20.1. The molecule has 1 aromatic heterocycles. The van der Waals surface area contributed by atoms with Crippen molar-refractivity contribution in [1.29, 1.82) is 0 Å². The highest BCUT2D eigenvalue weighted by Gasteiger charge is 2.21. The zero-order valence-corrected chi connectivity index (χ0v) is 16.2. The molecule has 0 saturated carbocycles. The molecular formula is C23H24N4O2. The average Bonchev–Trinajstić information content (AvgIpc) is 2.75. The van der Waals surface area contributed by atoms with Crippen LogP contribution in [0.5, 0.6) is 0 Å². The van der Waals surface area contributed by atoms with Gasteiger partial charge in [0, 0.05) is 49.0 Å². The van der Waals surface area contributed by atoms with E-state index in [0.29, 0.717) is 5.56 Å². The molecule has 6 nitrogen and oxygen atoms in total. The van der Waals surface area contributed by atoms with E-state index in [1.807, 2.05) is 24.5 Å². The number of hydrogen-bond acceptors (Lipinski definition) is 4. The predicted octanol–water partition coefficient (Wildman–Crippen LogP) is 3.34. The van der Waals surface area contributed by atoms with Crippen LogP contribution in [0.15, 0.2) is 67.0 Å². The SMILES string of the molecule is O=C(NC(=O)c1ccccc1)NC1CCN(Cc2ccc3cnccc3c2)CC1. The number of urea groups is 1. The quantitative estimate of drug-likeness (QED) is 0.719. The normalized spacial score (nSPS) is 15.2. The molecule has 2 heterocycles. The van der Waals surface area contributed by atoms with Crippen LogP contribution in [0.4, 0.5) is 4.79 Å². The number of likely N-dealkylation sites (tertiary alicyclic amines) is 1. The molecule has 3 amide bonds. The van der Waals surface area contributed by atoms with Crippen LogP contribution in [0, 0.1) is 0 Å². The molecule has 0 spiro atoms. The maximum absolute atomic E-state index is 12.1. The van der Waals surface area contributed by atoms with E-state index in [1.165, 1.54) is 10.9 Å². The molecule has 6 heteroatoms. The van der Waals surface area contributed by atoms with E-state index >= 15 is 0 Å². The Kier molecular flexibility index (Phi) is 5.81. The average molecular weight is 388 g/mol. The highest BCUT2D eigenvalue weighted by atomic mass is 16.2. The monoisotopic (exact) mass is 388 g/mol. The maximum atomic E-state index is 12.1. The first-order valence-corrected chi connectivity index (χ1v) is 9.89. The van der Waals surface area contributed by atoms with E-state index in [1.54, 1.807) is 24.3 Å². The number of benzene rings is 2. The van der Waals surface area contributed by atoms with E-state index in [-0.39, 0.29) is 11.9 Å². The van der Waals surface area contributed by atoms with Gasteiger partial charge in [-0.05, 0) is 48.1 Å². The maximum Gasteiger partial charge on any atom is 0.321 e. The Hall–Kier alpha value is -3.25. The highest BCUT2D eigenvalue weighted by Crippen LogP contribution is 2.18. The molecule has 0 unspecified atom stereocenters. The second-order valence-electron chi connectivity index (χ2n) is 7.40. The van der Waals surface area contributed by atoms with Gasteiger partial charge in [0.2, 0.25) is 0 Å². The Morgan fingerprint density at radius 1 is 1.00 bits per heavy atom. The first-order valence-electron chi connectivity index (χ1n) is 9.89. The summed E-state index contributed by atoms with van der Waals surface area (Å²) in [6, 6.07) is 16.9. The summed E-state index contributed by atoms with van der Waals surface area (Å²) in [5, 5.41) is 7.68. The second kappa shape index (κ2) is 8.84. The number of imide groups is 1. The lowest BCUT2D eigenvalue weighted by Gasteiger charge is -2.32. The third-order valence-electron chi connectivity index (χ3n) is 5.30. The van der Waals surface area contributed by atoms with Crippen LogP contribution >= 0.6 is 0 Å². The van der Waals surface area contributed by atoms with Gasteiger partial charge in [0.05, 0.1) is 0 Å². The molecule has 3 aromatic rings. The number of amides is 3. The standard InChI is InChI=1S/C23H24N4O2/c28-22(18-4-2-1-3-5-18)26-23(29)25-21-9-12-27(13-10-21)16-17-6-7-20-15-24-11-8-19(20)14-17/h1-8,11,14-15,21H,9-10,12-13,16H2,(H2,25,26,28,29). The van der Waals surface area contributed by atoms with Crippen molar-refractivity contribution in [2.24, 2.45) is 0 Å². The van der Waals surface area contributed by atoms with Crippen LogP contribution in [0.2, 0.25) is 0 Å². The Morgan fingerprint density at radius 2 is 1.79 bits per heavy atom. The largest absolute Gasteiger partial charge is 0.335 e. The van der Waals surface area contributed by atoms with Gasteiger partial charge in [-0.1, -0.05) is 30.3 Å². The Balaban J connectivity index is 1.24. The number of rotatable bonds is 4. The number of fused-ring (bicyclic) bond motifs is 1. The number of nitrogens with zero attached hydrogens (tertiary/aromatic N) is 2. The molecule has 1 saturated heterocycles. The molecule has 29 heavy (non-hydrogen) atoms. The van der Waals surface area contributed by atoms with Gasteiger partial charge in [-0.25, -0.2) is 4.79 Å². The van der Waals surface area contributed by atoms with Gasteiger partial charge in [0.1, 0.15) is 0 Å². The van der Waals surface area contributed by atoms with Gasteiger partial charge in [0.25, 0.3) is 5.91 Å². The number of carbonyl (C=O) groups excluding carboxylic acids is 2. The minimum absolute atomic E-state index is 0.0810. The summed E-state index contributed by atoms with van der Waals surface area (Å²) in [5.41, 5.74) is 1.75. The smallest absolute Gasteiger partial charge is 0.321 e. The summed E-state index contributed by atoms with van der Waals surface area (Å²) in [4.78, 5) is 30.7. The van der Waals surface area contributed by atoms with Crippen LogP contribution in [-0.2, 0) is 6.54 Å². The lowest BCUT2D eigenvalue weighted by Crippen LogP contribution is -2.49. The fraction of sp³-hybridized carbons (Fsp3) is 0.261. The molecule has 4 rings (SSSR count). The van der Waals surface area contributed by atoms with Crippen molar-refractivity contribution in [2.75, 3.05) is 13.1 Å². The van der Waals surface area contributed by atoms with E-state index in [2.05, 4.69) is 38.7 Å². The van der Waals surface area contributed by atoms with Crippen LogP contribution in [0.3, 0.4) is 0 Å². The van der Waals surface area contributed by atoms with Gasteiger partial charge >= 0.3 is 6.03 Å². The first-order chi connectivity index (χ1) is 14.2. The molecule has 1 aliphatic rings. The molecule has 0 aliphatic carbocycles. The van der Waals surface area contributed by atoms with Crippen molar-refractivity contribution in [3.63, 3.8) is 0 Å². The third kappa shape index (κ3) is 4.97. The second-order valence-corrected chi connectivity index (χ2v) is 7.40. The molecule has 0 atom stereocenters. The molecule has 148 valence electrons. The zero-order valence-electron chi connectivity index (χ0n) is 16.2. The van der Waals surface area contributed by atoms with Crippen LogP contribution in [-0.4, -0.2) is 41.0 Å². The van der Waals surface area contributed by atoms with Crippen LogP contribution in [0.1, 0.15) is 28.8 Å². The van der Waals surface area contributed by atoms with Gasteiger partial charge in [-0.3, -0.25) is 20.0 Å². The fourth-order valence-corrected chi connectivity index (χ4v) is 3.71. The number of nitrogens with one attached hydrogen (secondary N) is 2. The topological polar surface area (TPSA) is 74.3 Å². The van der Waals surface area contributed by atoms with Crippen LogP contribution in [0.25, 0.3) is 10.8 Å². The molecular weight excluding hydrogens is 364 g/mol. The number of hydrogen-bond donors (Lipinski definition) is 2. The van der Waals surface area contributed by atoms with Gasteiger partial charge in [0.15, 0.2) is 0 Å². The van der Waals surface area contributed by atoms with Crippen molar-refractivity contribution >= 4 is 22.7 Å². The minimum atomic E-state index is -0.430. The summed E-state index contributed by atoms with van der Waals surface area (Å²) < 4.78 is 0. The van der Waals surface area contributed by atoms with Gasteiger partial charge in [-0.15, -0.1) is 0 Å². The Morgan fingerprint density at radius 3 is 2.59 bits per heavy atom. The highest BCUT2D eigenvalue weighted by molar-refractivity contribution is 6.04. The van der Waals surface area contributed by atoms with E-state index in [0.717, 1.165) is 37.9 Å². The molecule has 0 radical (unpaired) electrons. The molecule has 2 N–H and O–H groups in total.